The van der Waals surface area contributed by atoms with Gasteiger partial charge < -0.3 is 10.1 Å². The average molecular weight is 262 g/mol. The van der Waals surface area contributed by atoms with Crippen molar-refractivity contribution >= 4 is 11.8 Å². The molecule has 1 aromatic carbocycles. The number of carbonyl (C=O) groups excluding carboxylic acids is 1. The lowest BCUT2D eigenvalue weighted by Crippen LogP contribution is -2.27. The van der Waals surface area contributed by atoms with Crippen LogP contribution in [0.15, 0.2) is 24.3 Å². The van der Waals surface area contributed by atoms with Gasteiger partial charge in [-0.2, -0.15) is 0 Å². The molecule has 0 bridgehead atoms. The average Bonchev–Trinajstić information content (AvgIpc) is 2.79. The van der Waals surface area contributed by atoms with E-state index in [-0.39, 0.29) is 0 Å². The molecule has 1 amide bonds. The van der Waals surface area contributed by atoms with Crippen molar-refractivity contribution in [3.8, 4) is 0 Å². The molecular weight excluding hydrogens is 240 g/mol. The van der Waals surface area contributed by atoms with Gasteiger partial charge in [0, 0.05) is 11.7 Å². The highest BCUT2D eigenvalue weighted by atomic mass is 16.6. The fourth-order valence-electron chi connectivity index (χ4n) is 2.22. The third-order valence-electron chi connectivity index (χ3n) is 2.99. The Hall–Kier alpha value is -1.55. The van der Waals surface area contributed by atoms with E-state index in [0.29, 0.717) is 6.04 Å². The van der Waals surface area contributed by atoms with Gasteiger partial charge in [-0.15, -0.1) is 0 Å². The number of anilines is 1. The van der Waals surface area contributed by atoms with Crippen molar-refractivity contribution < 1.29 is 9.53 Å². The summed E-state index contributed by atoms with van der Waals surface area (Å²) in [5.41, 5.74) is 1.51. The van der Waals surface area contributed by atoms with Crippen LogP contribution in [0.5, 0.6) is 0 Å². The number of amides is 1. The van der Waals surface area contributed by atoms with Crippen LogP contribution in [0.4, 0.5) is 10.5 Å². The molecule has 1 aliphatic heterocycles. The van der Waals surface area contributed by atoms with Crippen molar-refractivity contribution in [1.82, 2.24) is 5.32 Å². The number of nitrogens with one attached hydrogen (secondary N) is 2. The maximum atomic E-state index is 11.7. The Morgan fingerprint density at radius 1 is 1.42 bits per heavy atom. The molecule has 0 aliphatic carbocycles. The second-order valence-electron chi connectivity index (χ2n) is 5.90. The first-order valence-electron chi connectivity index (χ1n) is 6.77. The summed E-state index contributed by atoms with van der Waals surface area (Å²) < 4.78 is 5.24. The Kier molecular flexibility index (Phi) is 4.10. The standard InChI is InChI=1S/C15H22N2O2/c1-15(2,3)19-14(18)17-12-7-4-6-11(10-12)13-8-5-9-16-13/h4,6-7,10,13,16H,5,8-9H2,1-3H3,(H,17,18)/t13-/m1/s1. The molecule has 0 saturated carbocycles. The van der Waals surface area contributed by atoms with Crippen LogP contribution in [0.25, 0.3) is 0 Å². The number of rotatable bonds is 2. The van der Waals surface area contributed by atoms with Gasteiger partial charge in [0.15, 0.2) is 0 Å². The molecular formula is C15H22N2O2. The summed E-state index contributed by atoms with van der Waals surface area (Å²) in [5, 5.41) is 6.22. The normalized spacial score (nSPS) is 19.2. The number of hydrogen-bond donors (Lipinski definition) is 2. The van der Waals surface area contributed by atoms with Crippen molar-refractivity contribution in [3.63, 3.8) is 0 Å². The van der Waals surface area contributed by atoms with Crippen LogP contribution in [-0.2, 0) is 4.74 Å². The van der Waals surface area contributed by atoms with E-state index in [0.717, 1.165) is 18.7 Å². The van der Waals surface area contributed by atoms with E-state index in [4.69, 9.17) is 4.74 Å². The van der Waals surface area contributed by atoms with Crippen molar-refractivity contribution in [1.29, 1.82) is 0 Å². The first-order valence-corrected chi connectivity index (χ1v) is 6.77. The topological polar surface area (TPSA) is 50.4 Å². The summed E-state index contributed by atoms with van der Waals surface area (Å²) >= 11 is 0. The van der Waals surface area contributed by atoms with Gasteiger partial charge in [-0.05, 0) is 57.9 Å². The molecule has 0 unspecified atom stereocenters. The Bertz CT molecular complexity index is 446. The highest BCUT2D eigenvalue weighted by molar-refractivity contribution is 5.84. The van der Waals surface area contributed by atoms with Gasteiger partial charge in [-0.25, -0.2) is 4.79 Å². The minimum absolute atomic E-state index is 0.403. The zero-order chi connectivity index (χ0) is 13.9. The molecule has 1 aromatic rings. The van der Waals surface area contributed by atoms with Gasteiger partial charge in [-0.1, -0.05) is 12.1 Å². The zero-order valence-corrected chi connectivity index (χ0v) is 11.8. The number of hydrogen-bond acceptors (Lipinski definition) is 3. The summed E-state index contributed by atoms with van der Waals surface area (Å²) in [6.07, 6.45) is 1.94. The van der Waals surface area contributed by atoms with Crippen molar-refractivity contribution in [2.75, 3.05) is 11.9 Å². The lowest BCUT2D eigenvalue weighted by Gasteiger charge is -2.20. The van der Waals surface area contributed by atoms with E-state index in [1.807, 2.05) is 39.0 Å². The summed E-state index contributed by atoms with van der Waals surface area (Å²) in [6.45, 7) is 6.62. The van der Waals surface area contributed by atoms with Gasteiger partial charge in [0.25, 0.3) is 0 Å². The van der Waals surface area contributed by atoms with E-state index in [2.05, 4.69) is 16.7 Å². The Morgan fingerprint density at radius 2 is 2.21 bits per heavy atom. The number of benzene rings is 1. The van der Waals surface area contributed by atoms with E-state index >= 15 is 0 Å². The summed E-state index contributed by atoms with van der Waals surface area (Å²) in [5.74, 6) is 0. The van der Waals surface area contributed by atoms with E-state index in [1.54, 1.807) is 0 Å². The first kappa shape index (κ1) is 13.9. The van der Waals surface area contributed by atoms with Gasteiger partial charge in [0.05, 0.1) is 0 Å². The van der Waals surface area contributed by atoms with Crippen LogP contribution in [-0.4, -0.2) is 18.2 Å². The van der Waals surface area contributed by atoms with Crippen LogP contribution in [0, 0.1) is 0 Å². The van der Waals surface area contributed by atoms with Crippen LogP contribution in [0.2, 0.25) is 0 Å². The lowest BCUT2D eigenvalue weighted by molar-refractivity contribution is 0.0636. The molecule has 19 heavy (non-hydrogen) atoms. The van der Waals surface area contributed by atoms with E-state index < -0.39 is 11.7 Å². The molecule has 1 atom stereocenters. The largest absolute Gasteiger partial charge is 0.444 e. The van der Waals surface area contributed by atoms with E-state index in [1.165, 1.54) is 12.0 Å². The van der Waals surface area contributed by atoms with Gasteiger partial charge >= 0.3 is 6.09 Å². The van der Waals surface area contributed by atoms with Gasteiger partial charge in [-0.3, -0.25) is 5.32 Å². The summed E-state index contributed by atoms with van der Waals surface area (Å²) in [4.78, 5) is 11.7. The predicted molar refractivity (Wildman–Crippen MR) is 76.3 cm³/mol. The van der Waals surface area contributed by atoms with Crippen LogP contribution >= 0.6 is 0 Å². The highest BCUT2D eigenvalue weighted by Crippen LogP contribution is 2.25. The molecule has 2 N–H and O–H groups in total. The minimum atomic E-state index is -0.477. The molecule has 1 saturated heterocycles. The monoisotopic (exact) mass is 262 g/mol. The molecule has 104 valence electrons. The number of carbonyl (C=O) groups is 1. The molecule has 1 aliphatic rings. The highest BCUT2D eigenvalue weighted by Gasteiger charge is 2.18. The smallest absolute Gasteiger partial charge is 0.412 e. The molecule has 4 heteroatoms. The lowest BCUT2D eigenvalue weighted by atomic mass is 10.0. The van der Waals surface area contributed by atoms with Gasteiger partial charge in [0.2, 0.25) is 0 Å². The predicted octanol–water partition coefficient (Wildman–Crippen LogP) is 3.46. The van der Waals surface area contributed by atoms with Crippen molar-refractivity contribution in [2.45, 2.75) is 45.3 Å². The van der Waals surface area contributed by atoms with Crippen LogP contribution < -0.4 is 10.6 Å². The quantitative estimate of drug-likeness (QED) is 0.858. The molecule has 1 fully saturated rings. The molecule has 4 nitrogen and oxygen atoms in total. The molecule has 0 spiro atoms. The molecule has 0 aromatic heterocycles. The SMILES string of the molecule is CC(C)(C)OC(=O)Nc1cccc([C@H]2CCCN2)c1. The third-order valence-corrected chi connectivity index (χ3v) is 2.99. The van der Waals surface area contributed by atoms with Crippen molar-refractivity contribution in [3.05, 3.63) is 29.8 Å². The first-order chi connectivity index (χ1) is 8.94. The molecule has 1 heterocycles. The Labute approximate surface area is 114 Å². The minimum Gasteiger partial charge on any atom is -0.444 e. The van der Waals surface area contributed by atoms with Crippen molar-refractivity contribution in [2.24, 2.45) is 0 Å². The second kappa shape index (κ2) is 5.61. The third kappa shape index (κ3) is 4.24. The zero-order valence-electron chi connectivity index (χ0n) is 11.8. The summed E-state index contributed by atoms with van der Waals surface area (Å²) in [6, 6.07) is 8.33. The summed E-state index contributed by atoms with van der Waals surface area (Å²) in [7, 11) is 0. The number of ether oxygens (including phenoxy) is 1. The molecule has 0 radical (unpaired) electrons. The Balaban J connectivity index is 2.00. The van der Waals surface area contributed by atoms with Crippen LogP contribution in [0.1, 0.15) is 45.2 Å². The van der Waals surface area contributed by atoms with E-state index in [9.17, 15) is 4.79 Å². The Morgan fingerprint density at radius 3 is 2.84 bits per heavy atom. The fraction of sp³-hybridized carbons (Fsp3) is 0.533. The maximum Gasteiger partial charge on any atom is 0.412 e. The second-order valence-corrected chi connectivity index (χ2v) is 5.90. The van der Waals surface area contributed by atoms with Crippen LogP contribution in [0.3, 0.4) is 0 Å². The van der Waals surface area contributed by atoms with Gasteiger partial charge in [0.1, 0.15) is 5.60 Å². The maximum absolute atomic E-state index is 11.7. The molecule has 2 rings (SSSR count). The fourth-order valence-corrected chi connectivity index (χ4v) is 2.22.